The van der Waals surface area contributed by atoms with E-state index in [1.807, 2.05) is 0 Å². The van der Waals surface area contributed by atoms with Gasteiger partial charge in [0.2, 0.25) is 12.2 Å². The van der Waals surface area contributed by atoms with Crippen LogP contribution in [0.25, 0.3) is 0 Å². The zero-order chi connectivity index (χ0) is 24.8. The normalized spacial score (nSPS) is 9.53. The summed E-state index contributed by atoms with van der Waals surface area (Å²) in [5.74, 6) is -3.15. The molecule has 0 spiro atoms. The quantitative estimate of drug-likeness (QED) is 0.206. The minimum atomic E-state index is -0.865. The van der Waals surface area contributed by atoms with Gasteiger partial charge in [0.05, 0.1) is 24.2 Å². The van der Waals surface area contributed by atoms with Crippen molar-refractivity contribution in [2.75, 3.05) is 13.2 Å². The van der Waals surface area contributed by atoms with Crippen LogP contribution in [0.15, 0.2) is 58.5 Å². The number of isocyanates is 2. The van der Waals surface area contributed by atoms with Gasteiger partial charge >= 0.3 is 23.9 Å². The molecule has 2 rings (SSSR count). The molecule has 12 heteroatoms. The summed E-state index contributed by atoms with van der Waals surface area (Å²) in [5.41, 5.74) is 0.641. The summed E-state index contributed by atoms with van der Waals surface area (Å²) in [7, 11) is 0. The molecule has 34 heavy (non-hydrogen) atoms. The summed E-state index contributed by atoms with van der Waals surface area (Å²) in [6.45, 7) is -1.38. The number of esters is 4. The molecule has 2 aromatic carbocycles. The highest BCUT2D eigenvalue weighted by atomic mass is 16.6. The molecular formula is C22H16N2O10. The molecule has 0 aliphatic heterocycles. The molecule has 0 radical (unpaired) electrons. The molecule has 0 N–H and O–H groups in total. The van der Waals surface area contributed by atoms with Gasteiger partial charge in [-0.3, -0.25) is 9.59 Å². The zero-order valence-corrected chi connectivity index (χ0v) is 17.4. The Morgan fingerprint density at radius 1 is 0.588 bits per heavy atom. The van der Waals surface area contributed by atoms with Crippen LogP contribution in [-0.2, 0) is 38.2 Å². The molecule has 2 aromatic rings. The lowest BCUT2D eigenvalue weighted by Crippen LogP contribution is -2.21. The largest absolute Gasteiger partial charge is 0.454 e. The Kier molecular flexibility index (Phi) is 10.0. The van der Waals surface area contributed by atoms with Crippen LogP contribution < -0.4 is 9.47 Å². The van der Waals surface area contributed by atoms with Gasteiger partial charge < -0.3 is 18.9 Å². The number of ether oxygens (including phenoxy) is 4. The number of rotatable bonds is 11. The average Bonchev–Trinajstić information content (AvgIpc) is 2.83. The van der Waals surface area contributed by atoms with Gasteiger partial charge in [-0.1, -0.05) is 0 Å². The first-order valence-electron chi connectivity index (χ1n) is 9.48. The molecule has 0 bridgehead atoms. The van der Waals surface area contributed by atoms with E-state index in [2.05, 4.69) is 9.98 Å². The predicted octanol–water partition coefficient (Wildman–Crippen LogP) is 2.00. The summed E-state index contributed by atoms with van der Waals surface area (Å²) >= 11 is 0. The summed E-state index contributed by atoms with van der Waals surface area (Å²) in [6.07, 6.45) is 1.95. The van der Waals surface area contributed by atoms with Crippen molar-refractivity contribution in [1.29, 1.82) is 0 Å². The highest BCUT2D eigenvalue weighted by Gasteiger charge is 2.14. The molecule has 0 aliphatic carbocycles. The molecule has 0 fully saturated rings. The van der Waals surface area contributed by atoms with Crippen LogP contribution in [0.2, 0.25) is 0 Å². The molecule has 174 valence electrons. The monoisotopic (exact) mass is 468 g/mol. The molecule has 0 amide bonds. The number of aliphatic imine (C=N–C) groups is 2. The Bertz CT molecular complexity index is 1040. The number of nitrogens with zero attached hydrogens (tertiary/aromatic N) is 2. The van der Waals surface area contributed by atoms with Gasteiger partial charge in [-0.25, -0.2) is 19.2 Å². The van der Waals surface area contributed by atoms with E-state index in [9.17, 15) is 28.8 Å². The SMILES string of the molecule is O=C=Nc1ccc(OC(=O)COC(=O)CCC(=O)OCC(=O)Oc2ccc(N=C=O)cc2)cc1. The van der Waals surface area contributed by atoms with E-state index in [1.54, 1.807) is 0 Å². The lowest BCUT2D eigenvalue weighted by molar-refractivity contribution is -0.157. The highest BCUT2D eigenvalue weighted by Crippen LogP contribution is 2.18. The Hall–Kier alpha value is -4.92. The van der Waals surface area contributed by atoms with Crippen LogP contribution >= 0.6 is 0 Å². The number of benzene rings is 2. The number of carbonyl (C=O) groups is 4. The fourth-order valence-electron chi connectivity index (χ4n) is 2.23. The lowest BCUT2D eigenvalue weighted by atomic mass is 10.3. The maximum atomic E-state index is 11.7. The van der Waals surface area contributed by atoms with Gasteiger partial charge in [0.25, 0.3) is 0 Å². The molecule has 0 saturated heterocycles. The van der Waals surface area contributed by atoms with Crippen molar-refractivity contribution in [2.45, 2.75) is 12.8 Å². The summed E-state index contributed by atoms with van der Waals surface area (Å²) in [5, 5.41) is 0. The second-order valence-corrected chi connectivity index (χ2v) is 6.16. The molecule has 0 aromatic heterocycles. The van der Waals surface area contributed by atoms with E-state index in [0.29, 0.717) is 11.4 Å². The summed E-state index contributed by atoms with van der Waals surface area (Å²) in [6, 6.07) is 11.2. The Morgan fingerprint density at radius 2 is 0.941 bits per heavy atom. The van der Waals surface area contributed by atoms with E-state index < -0.39 is 49.9 Å². The van der Waals surface area contributed by atoms with Crippen molar-refractivity contribution in [3.05, 3.63) is 48.5 Å². The second kappa shape index (κ2) is 13.5. The fourth-order valence-corrected chi connectivity index (χ4v) is 2.23. The van der Waals surface area contributed by atoms with Crippen molar-refractivity contribution in [1.82, 2.24) is 0 Å². The van der Waals surface area contributed by atoms with E-state index in [1.165, 1.54) is 60.7 Å². The first-order valence-corrected chi connectivity index (χ1v) is 9.48. The van der Waals surface area contributed by atoms with Crippen LogP contribution in [-0.4, -0.2) is 49.3 Å². The average molecular weight is 468 g/mol. The Morgan fingerprint density at radius 3 is 1.26 bits per heavy atom. The van der Waals surface area contributed by atoms with Gasteiger partial charge in [-0.2, -0.15) is 9.98 Å². The topological polar surface area (TPSA) is 164 Å². The first kappa shape index (κ1) is 25.3. The lowest BCUT2D eigenvalue weighted by Gasteiger charge is -2.07. The van der Waals surface area contributed by atoms with Crippen molar-refractivity contribution in [3.63, 3.8) is 0 Å². The number of hydrogen-bond donors (Lipinski definition) is 0. The Labute approximate surface area is 191 Å². The van der Waals surface area contributed by atoms with Crippen LogP contribution in [0.1, 0.15) is 12.8 Å². The smallest absolute Gasteiger partial charge is 0.349 e. The zero-order valence-electron chi connectivity index (χ0n) is 17.4. The van der Waals surface area contributed by atoms with Gasteiger partial charge in [0, 0.05) is 0 Å². The molecule has 0 heterocycles. The minimum absolute atomic E-state index is 0.145. The highest BCUT2D eigenvalue weighted by molar-refractivity contribution is 5.82. The summed E-state index contributed by atoms with van der Waals surface area (Å²) < 4.78 is 19.3. The molecule has 12 nitrogen and oxygen atoms in total. The molecular weight excluding hydrogens is 452 g/mol. The van der Waals surface area contributed by atoms with Crippen LogP contribution in [0.5, 0.6) is 11.5 Å². The van der Waals surface area contributed by atoms with Gasteiger partial charge in [-0.05, 0) is 48.5 Å². The van der Waals surface area contributed by atoms with Crippen LogP contribution in [0.4, 0.5) is 11.4 Å². The summed E-state index contributed by atoms with van der Waals surface area (Å²) in [4.78, 5) is 73.8. The van der Waals surface area contributed by atoms with Gasteiger partial charge in [0.15, 0.2) is 13.2 Å². The third-order valence-corrected chi connectivity index (χ3v) is 3.72. The van der Waals surface area contributed by atoms with E-state index in [-0.39, 0.29) is 11.5 Å². The van der Waals surface area contributed by atoms with E-state index in [0.717, 1.165) is 0 Å². The number of carbonyl (C=O) groups excluding carboxylic acids is 6. The minimum Gasteiger partial charge on any atom is -0.454 e. The number of hydrogen-bond acceptors (Lipinski definition) is 12. The van der Waals surface area contributed by atoms with Crippen molar-refractivity contribution in [3.8, 4) is 11.5 Å². The fraction of sp³-hybridized carbons (Fsp3) is 0.182. The second-order valence-electron chi connectivity index (χ2n) is 6.16. The van der Waals surface area contributed by atoms with Crippen LogP contribution in [0.3, 0.4) is 0 Å². The predicted molar refractivity (Wildman–Crippen MR) is 111 cm³/mol. The first-order chi connectivity index (χ1) is 16.4. The standard InChI is InChI=1S/C22H16N2O10/c25-13-23-15-1-5-17(6-2-15)33-21(29)11-31-19(27)9-10-20(28)32-12-22(30)34-18-7-3-16(4-8-18)24-14-26/h1-8H,9-12H2. The molecule has 0 saturated carbocycles. The van der Waals surface area contributed by atoms with Crippen molar-refractivity contribution < 1.29 is 47.7 Å². The van der Waals surface area contributed by atoms with Gasteiger partial charge in [0.1, 0.15) is 11.5 Å². The molecule has 0 unspecified atom stereocenters. The van der Waals surface area contributed by atoms with Crippen molar-refractivity contribution in [2.24, 2.45) is 9.98 Å². The Balaban J connectivity index is 1.62. The van der Waals surface area contributed by atoms with Gasteiger partial charge in [-0.15, -0.1) is 0 Å². The van der Waals surface area contributed by atoms with E-state index in [4.69, 9.17) is 18.9 Å². The van der Waals surface area contributed by atoms with E-state index >= 15 is 0 Å². The third kappa shape index (κ3) is 9.48. The molecule has 0 aliphatic rings. The molecule has 0 atom stereocenters. The van der Waals surface area contributed by atoms with Crippen molar-refractivity contribution >= 4 is 47.4 Å². The van der Waals surface area contributed by atoms with Crippen LogP contribution in [0, 0.1) is 0 Å². The maximum Gasteiger partial charge on any atom is 0.349 e. The third-order valence-electron chi connectivity index (χ3n) is 3.72. The maximum absolute atomic E-state index is 11.7.